The summed E-state index contributed by atoms with van der Waals surface area (Å²) in [5.74, 6) is 2.17. The molecule has 0 aliphatic rings. The van der Waals surface area contributed by atoms with E-state index < -0.39 is 0 Å². The minimum absolute atomic E-state index is 0.682. The van der Waals surface area contributed by atoms with E-state index in [1.54, 1.807) is 12.5 Å². The van der Waals surface area contributed by atoms with Gasteiger partial charge in [0.15, 0.2) is 0 Å². The van der Waals surface area contributed by atoms with E-state index in [-0.39, 0.29) is 0 Å². The molecule has 6 nitrogen and oxygen atoms in total. The molecule has 0 radical (unpaired) electrons. The van der Waals surface area contributed by atoms with Gasteiger partial charge in [-0.05, 0) is 24.3 Å². The van der Waals surface area contributed by atoms with Crippen LogP contribution < -0.4 is 5.32 Å². The molecule has 4 rings (SSSR count). The Morgan fingerprint density at radius 1 is 0.818 bits per heavy atom. The lowest BCUT2D eigenvalue weighted by molar-refractivity contribution is 0.996. The summed E-state index contributed by atoms with van der Waals surface area (Å²) in [6.07, 6.45) is 5.01. The van der Waals surface area contributed by atoms with Crippen LogP contribution in [0.3, 0.4) is 0 Å². The molecule has 0 spiro atoms. The van der Waals surface area contributed by atoms with Crippen molar-refractivity contribution < 1.29 is 0 Å². The first-order valence-electron chi connectivity index (χ1n) is 6.83. The number of aromatic nitrogens is 5. The average molecular weight is 288 g/mol. The third kappa shape index (κ3) is 2.26. The number of fused-ring (bicyclic) bond motifs is 1. The van der Waals surface area contributed by atoms with Crippen molar-refractivity contribution in [2.24, 2.45) is 0 Å². The van der Waals surface area contributed by atoms with Gasteiger partial charge in [0.2, 0.25) is 0 Å². The molecule has 1 aromatic carbocycles. The Kier molecular flexibility index (Phi) is 2.97. The number of nitrogens with one attached hydrogen (secondary N) is 1. The zero-order valence-electron chi connectivity index (χ0n) is 11.6. The van der Waals surface area contributed by atoms with E-state index in [0.717, 1.165) is 22.7 Å². The fourth-order valence-electron chi connectivity index (χ4n) is 2.26. The molecule has 0 aliphatic carbocycles. The van der Waals surface area contributed by atoms with Gasteiger partial charge in [0.25, 0.3) is 0 Å². The lowest BCUT2D eigenvalue weighted by Crippen LogP contribution is -2.00. The van der Waals surface area contributed by atoms with E-state index in [4.69, 9.17) is 0 Å². The number of hydrogen-bond acceptors (Lipinski definition) is 5. The summed E-state index contributed by atoms with van der Waals surface area (Å²) in [5, 5.41) is 3.16. The zero-order chi connectivity index (χ0) is 14.8. The maximum atomic E-state index is 4.38. The van der Waals surface area contributed by atoms with Crippen molar-refractivity contribution in [2.75, 3.05) is 5.32 Å². The van der Waals surface area contributed by atoms with Crippen LogP contribution in [0.5, 0.6) is 0 Å². The van der Waals surface area contributed by atoms with E-state index in [1.165, 1.54) is 6.33 Å². The number of benzene rings is 1. The van der Waals surface area contributed by atoms with Gasteiger partial charge in [-0.2, -0.15) is 0 Å². The molecule has 22 heavy (non-hydrogen) atoms. The summed E-state index contributed by atoms with van der Waals surface area (Å²) >= 11 is 0. The summed E-state index contributed by atoms with van der Waals surface area (Å²) in [5.41, 5.74) is 1.94. The van der Waals surface area contributed by atoms with Crippen LogP contribution in [0.15, 0.2) is 67.4 Å². The van der Waals surface area contributed by atoms with E-state index in [0.29, 0.717) is 5.82 Å². The highest BCUT2D eigenvalue weighted by Crippen LogP contribution is 2.18. The van der Waals surface area contributed by atoms with Gasteiger partial charge in [-0.1, -0.05) is 18.2 Å². The maximum Gasteiger partial charge on any atom is 0.143 e. The molecule has 6 heteroatoms. The molecular weight excluding hydrogens is 276 g/mol. The second kappa shape index (κ2) is 5.25. The Morgan fingerprint density at radius 3 is 2.64 bits per heavy atom. The third-order valence-electron chi connectivity index (χ3n) is 3.27. The quantitative estimate of drug-likeness (QED) is 0.627. The molecule has 0 amide bonds. The smallest absolute Gasteiger partial charge is 0.143 e. The van der Waals surface area contributed by atoms with Gasteiger partial charge in [-0.15, -0.1) is 0 Å². The molecule has 0 fully saturated rings. The predicted molar refractivity (Wildman–Crippen MR) is 84.2 cm³/mol. The van der Waals surface area contributed by atoms with E-state index >= 15 is 0 Å². The number of hydrogen-bond donors (Lipinski definition) is 1. The van der Waals surface area contributed by atoms with Crippen LogP contribution >= 0.6 is 0 Å². The summed E-state index contributed by atoms with van der Waals surface area (Å²) in [6, 6.07) is 15.5. The van der Waals surface area contributed by atoms with Crippen LogP contribution in [0, 0.1) is 0 Å². The van der Waals surface area contributed by atoms with Crippen molar-refractivity contribution >= 4 is 22.7 Å². The molecule has 3 heterocycles. The Balaban J connectivity index is 1.73. The number of pyridine rings is 1. The van der Waals surface area contributed by atoms with Gasteiger partial charge in [0.1, 0.15) is 30.1 Å². The van der Waals surface area contributed by atoms with E-state index in [9.17, 15) is 0 Å². The lowest BCUT2D eigenvalue weighted by atomic mass is 10.3. The second-order valence-electron chi connectivity index (χ2n) is 4.70. The van der Waals surface area contributed by atoms with Crippen molar-refractivity contribution in [3.8, 4) is 5.82 Å². The number of anilines is 2. The van der Waals surface area contributed by atoms with Crippen molar-refractivity contribution in [3.05, 3.63) is 67.4 Å². The summed E-state index contributed by atoms with van der Waals surface area (Å²) in [7, 11) is 0. The van der Waals surface area contributed by atoms with Crippen LogP contribution in [-0.4, -0.2) is 24.5 Å². The van der Waals surface area contributed by atoms with Gasteiger partial charge in [0, 0.05) is 12.3 Å². The fourth-order valence-corrected chi connectivity index (χ4v) is 2.26. The number of nitrogens with zero attached hydrogens (tertiary/aromatic N) is 5. The highest BCUT2D eigenvalue weighted by atomic mass is 15.1. The number of para-hydroxylation sites is 2. The molecule has 0 unspecified atom stereocenters. The Morgan fingerprint density at radius 2 is 1.73 bits per heavy atom. The molecule has 0 saturated carbocycles. The molecule has 1 N–H and O–H groups in total. The van der Waals surface area contributed by atoms with Gasteiger partial charge in [-0.3, -0.25) is 4.57 Å². The monoisotopic (exact) mass is 288 g/mol. The molecule has 0 saturated heterocycles. The Bertz CT molecular complexity index is 916. The number of imidazole rings is 1. The molecule has 3 aromatic heterocycles. The first-order valence-corrected chi connectivity index (χ1v) is 6.83. The van der Waals surface area contributed by atoms with E-state index in [2.05, 4.69) is 25.3 Å². The number of rotatable bonds is 3. The van der Waals surface area contributed by atoms with Crippen LogP contribution in [0.4, 0.5) is 11.6 Å². The Labute approximate surface area is 126 Å². The van der Waals surface area contributed by atoms with Crippen molar-refractivity contribution in [1.29, 1.82) is 0 Å². The van der Waals surface area contributed by atoms with Crippen LogP contribution in [0.1, 0.15) is 0 Å². The zero-order valence-corrected chi connectivity index (χ0v) is 11.6. The maximum absolute atomic E-state index is 4.38. The molecule has 0 atom stereocenters. The normalized spacial score (nSPS) is 10.7. The van der Waals surface area contributed by atoms with Crippen molar-refractivity contribution in [2.45, 2.75) is 0 Å². The van der Waals surface area contributed by atoms with Crippen molar-refractivity contribution in [3.63, 3.8) is 0 Å². The SMILES string of the molecule is c1ccc(Nc2cc(-n3cnc4ccccc43)ncn2)nc1. The van der Waals surface area contributed by atoms with Crippen LogP contribution in [-0.2, 0) is 0 Å². The van der Waals surface area contributed by atoms with Crippen molar-refractivity contribution in [1.82, 2.24) is 24.5 Å². The molecule has 0 aliphatic heterocycles. The molecule has 4 aromatic rings. The summed E-state index contributed by atoms with van der Waals surface area (Å²) in [4.78, 5) is 17.2. The molecule has 106 valence electrons. The second-order valence-corrected chi connectivity index (χ2v) is 4.70. The van der Waals surface area contributed by atoms with Gasteiger partial charge < -0.3 is 5.32 Å². The van der Waals surface area contributed by atoms with Gasteiger partial charge in [0.05, 0.1) is 11.0 Å². The Hall–Kier alpha value is -3.28. The van der Waals surface area contributed by atoms with Crippen LogP contribution in [0.25, 0.3) is 16.9 Å². The average Bonchev–Trinajstić information content (AvgIpc) is 3.00. The lowest BCUT2D eigenvalue weighted by Gasteiger charge is -2.07. The largest absolute Gasteiger partial charge is 0.325 e. The predicted octanol–water partition coefficient (Wildman–Crippen LogP) is 2.95. The minimum Gasteiger partial charge on any atom is -0.325 e. The first kappa shape index (κ1) is 12.5. The van der Waals surface area contributed by atoms with Gasteiger partial charge >= 0.3 is 0 Å². The third-order valence-corrected chi connectivity index (χ3v) is 3.27. The summed E-state index contributed by atoms with van der Waals surface area (Å²) < 4.78 is 1.93. The van der Waals surface area contributed by atoms with Gasteiger partial charge in [-0.25, -0.2) is 19.9 Å². The van der Waals surface area contributed by atoms with E-state index in [1.807, 2.05) is 53.1 Å². The highest BCUT2D eigenvalue weighted by Gasteiger charge is 2.06. The standard InChI is InChI=1S/C16H12N6/c1-2-6-13-12(5-1)20-11-22(13)16-9-15(18-10-19-16)21-14-7-3-4-8-17-14/h1-11H,(H,17,18,19,21). The first-order chi connectivity index (χ1) is 10.9. The molecular formula is C16H12N6. The summed E-state index contributed by atoms with van der Waals surface area (Å²) in [6.45, 7) is 0. The highest BCUT2D eigenvalue weighted by molar-refractivity contribution is 5.77. The fraction of sp³-hybridized carbons (Fsp3) is 0. The molecule has 0 bridgehead atoms. The topological polar surface area (TPSA) is 68.5 Å². The minimum atomic E-state index is 0.682. The van der Waals surface area contributed by atoms with Crippen LogP contribution in [0.2, 0.25) is 0 Å².